The molecule has 1 aliphatic rings. The molecule has 0 saturated carbocycles. The fourth-order valence-corrected chi connectivity index (χ4v) is 3.08. The molecule has 1 aliphatic heterocycles. The largest absolute Gasteiger partial charge is 0.461 e. The van der Waals surface area contributed by atoms with Crippen LogP contribution in [0.5, 0.6) is 11.5 Å². The van der Waals surface area contributed by atoms with Crippen molar-refractivity contribution in [1.29, 1.82) is 0 Å². The highest BCUT2D eigenvalue weighted by atomic mass is 16.7. The van der Waals surface area contributed by atoms with Gasteiger partial charge in [0, 0.05) is 18.2 Å². The predicted molar refractivity (Wildman–Crippen MR) is 108 cm³/mol. The van der Waals surface area contributed by atoms with Crippen LogP contribution in [-0.4, -0.2) is 36.3 Å². The van der Waals surface area contributed by atoms with Gasteiger partial charge < -0.3 is 23.9 Å². The second-order valence-corrected chi connectivity index (χ2v) is 7.43. The molecule has 0 radical (unpaired) electrons. The number of Topliss-reactive ketones (excluding diaryl/α,β-unsaturated/α-hetero) is 1. The molecule has 1 N–H and O–H groups in total. The first kappa shape index (κ1) is 23.7. The lowest BCUT2D eigenvalue weighted by Gasteiger charge is -2.37. The fourth-order valence-electron chi connectivity index (χ4n) is 3.08. The maximum absolute atomic E-state index is 13.1. The third kappa shape index (κ3) is 5.73. The van der Waals surface area contributed by atoms with E-state index >= 15 is 0 Å². The number of carbonyl (C=O) groups excluding carboxylic acids is 4. The molecule has 0 saturated heterocycles. The van der Waals surface area contributed by atoms with Crippen molar-refractivity contribution in [3.05, 3.63) is 42.4 Å². The Morgan fingerprint density at radius 3 is 2.39 bits per heavy atom. The number of esters is 1. The first-order valence-corrected chi connectivity index (χ1v) is 9.68. The number of fused-ring (bicyclic) bond motifs is 1. The van der Waals surface area contributed by atoms with Crippen molar-refractivity contribution in [2.24, 2.45) is 5.92 Å². The summed E-state index contributed by atoms with van der Waals surface area (Å²) in [6.45, 7) is 7.45. The van der Waals surface area contributed by atoms with E-state index in [1.165, 1.54) is 6.26 Å². The molecule has 0 amide bonds. The topological polar surface area (TPSA) is 121 Å². The standard InChI is InChI=1S/C21H25NO6.CO2/c1-13(2)21(20(24)28-14(3)4,11-16(23)17-6-5-9-25-17)22-15-7-8-18-19(10-15)27-12-26-18;2-1-3/h5-10,13-14,22H,11-12H2,1-4H3;. The molecule has 0 spiro atoms. The van der Waals surface area contributed by atoms with Crippen LogP contribution in [0.15, 0.2) is 41.0 Å². The van der Waals surface area contributed by atoms with E-state index in [1.807, 2.05) is 13.8 Å². The minimum atomic E-state index is -1.28. The molecule has 1 unspecified atom stereocenters. The van der Waals surface area contributed by atoms with Gasteiger partial charge in [-0.3, -0.25) is 4.79 Å². The minimum Gasteiger partial charge on any atom is -0.461 e. The molecule has 0 bridgehead atoms. The second-order valence-electron chi connectivity index (χ2n) is 7.43. The lowest BCUT2D eigenvalue weighted by atomic mass is 9.80. The van der Waals surface area contributed by atoms with Gasteiger partial charge >= 0.3 is 12.1 Å². The molecule has 2 aromatic rings. The number of ketones is 1. The van der Waals surface area contributed by atoms with E-state index in [0.717, 1.165) is 0 Å². The highest BCUT2D eigenvalue weighted by Gasteiger charge is 2.46. The van der Waals surface area contributed by atoms with Gasteiger partial charge in [-0.2, -0.15) is 9.59 Å². The number of ether oxygens (including phenoxy) is 3. The SMILES string of the molecule is CC(C)OC(=O)C(CC(=O)c1ccco1)(Nc1ccc2c(c1)OCO2)C(C)C.O=C=O. The zero-order valence-electron chi connectivity index (χ0n) is 17.8. The lowest BCUT2D eigenvalue weighted by Crippen LogP contribution is -2.54. The molecule has 1 aromatic carbocycles. The van der Waals surface area contributed by atoms with E-state index in [0.29, 0.717) is 17.2 Å². The van der Waals surface area contributed by atoms with E-state index < -0.39 is 11.5 Å². The number of rotatable bonds is 8. The summed E-state index contributed by atoms with van der Waals surface area (Å²) in [5.74, 6) is 0.398. The van der Waals surface area contributed by atoms with Crippen molar-refractivity contribution in [1.82, 2.24) is 0 Å². The van der Waals surface area contributed by atoms with Crippen molar-refractivity contribution < 1.29 is 37.8 Å². The number of hydrogen-bond acceptors (Lipinski definition) is 9. The number of carbonyl (C=O) groups is 2. The van der Waals surface area contributed by atoms with Crippen LogP contribution in [0.3, 0.4) is 0 Å². The van der Waals surface area contributed by atoms with Crippen LogP contribution >= 0.6 is 0 Å². The molecule has 1 atom stereocenters. The highest BCUT2D eigenvalue weighted by Crippen LogP contribution is 2.37. The maximum atomic E-state index is 13.1. The van der Waals surface area contributed by atoms with Crippen LogP contribution < -0.4 is 14.8 Å². The second kappa shape index (κ2) is 10.4. The molecule has 0 aliphatic carbocycles. The van der Waals surface area contributed by atoms with Crippen molar-refractivity contribution >= 4 is 23.6 Å². The van der Waals surface area contributed by atoms with Crippen molar-refractivity contribution in [3.8, 4) is 11.5 Å². The molecular formula is C22H25NO8. The van der Waals surface area contributed by atoms with Crippen molar-refractivity contribution in [2.45, 2.75) is 45.8 Å². The lowest BCUT2D eigenvalue weighted by molar-refractivity contribution is -0.191. The predicted octanol–water partition coefficient (Wildman–Crippen LogP) is 3.46. The highest BCUT2D eigenvalue weighted by molar-refractivity contribution is 5.99. The summed E-state index contributed by atoms with van der Waals surface area (Å²) in [7, 11) is 0. The summed E-state index contributed by atoms with van der Waals surface area (Å²) in [5, 5.41) is 3.25. The number of nitrogens with one attached hydrogen (secondary N) is 1. The Balaban J connectivity index is 0.00000107. The van der Waals surface area contributed by atoms with Crippen molar-refractivity contribution in [2.75, 3.05) is 12.1 Å². The normalized spacial score (nSPS) is 13.6. The summed E-state index contributed by atoms with van der Waals surface area (Å²) in [4.78, 5) is 42.2. The quantitative estimate of drug-likeness (QED) is 0.495. The third-order valence-corrected chi connectivity index (χ3v) is 4.67. The van der Waals surface area contributed by atoms with Crippen LogP contribution in [-0.2, 0) is 19.1 Å². The van der Waals surface area contributed by atoms with Crippen LogP contribution in [0.25, 0.3) is 0 Å². The van der Waals surface area contributed by atoms with Gasteiger partial charge in [0.15, 0.2) is 17.3 Å². The van der Waals surface area contributed by atoms with Gasteiger partial charge in [0.1, 0.15) is 5.54 Å². The van der Waals surface area contributed by atoms with E-state index in [1.54, 1.807) is 44.2 Å². The Labute approximate surface area is 179 Å². The van der Waals surface area contributed by atoms with Gasteiger partial charge in [0.05, 0.1) is 12.4 Å². The summed E-state index contributed by atoms with van der Waals surface area (Å²) in [5.41, 5.74) is -0.645. The Morgan fingerprint density at radius 2 is 1.81 bits per heavy atom. The first-order valence-electron chi connectivity index (χ1n) is 9.68. The van der Waals surface area contributed by atoms with Gasteiger partial charge in [-0.1, -0.05) is 13.8 Å². The van der Waals surface area contributed by atoms with Crippen LogP contribution in [0.2, 0.25) is 0 Å². The molecule has 31 heavy (non-hydrogen) atoms. The summed E-state index contributed by atoms with van der Waals surface area (Å²) in [6.07, 6.45) is 1.25. The summed E-state index contributed by atoms with van der Waals surface area (Å²) < 4.78 is 21.5. The molecule has 2 heterocycles. The number of anilines is 1. The van der Waals surface area contributed by atoms with E-state index in [9.17, 15) is 9.59 Å². The molecule has 1 aromatic heterocycles. The first-order chi connectivity index (χ1) is 14.7. The monoisotopic (exact) mass is 431 g/mol. The van der Waals surface area contributed by atoms with E-state index in [2.05, 4.69) is 5.32 Å². The summed E-state index contributed by atoms with van der Waals surface area (Å²) >= 11 is 0. The van der Waals surface area contributed by atoms with Gasteiger partial charge in [0.2, 0.25) is 12.6 Å². The third-order valence-electron chi connectivity index (χ3n) is 4.67. The van der Waals surface area contributed by atoms with Crippen LogP contribution in [0.4, 0.5) is 5.69 Å². The Bertz CT molecular complexity index is 929. The Kier molecular flexibility index (Phi) is 7.99. The molecule has 3 rings (SSSR count). The molecular weight excluding hydrogens is 406 g/mol. The Morgan fingerprint density at radius 1 is 1.13 bits per heavy atom. The Hall–Kier alpha value is -3.58. The average Bonchev–Trinajstić information content (AvgIpc) is 3.38. The number of benzene rings is 1. The smallest absolute Gasteiger partial charge is 0.373 e. The zero-order chi connectivity index (χ0) is 23.0. The molecule has 9 heteroatoms. The van der Waals surface area contributed by atoms with Crippen LogP contribution in [0, 0.1) is 5.92 Å². The number of hydrogen-bond donors (Lipinski definition) is 1. The zero-order valence-corrected chi connectivity index (χ0v) is 17.8. The van der Waals surface area contributed by atoms with E-state index in [-0.39, 0.29) is 42.9 Å². The van der Waals surface area contributed by atoms with Gasteiger partial charge in [-0.05, 0) is 44.0 Å². The van der Waals surface area contributed by atoms with Crippen molar-refractivity contribution in [3.63, 3.8) is 0 Å². The van der Waals surface area contributed by atoms with Crippen LogP contribution in [0.1, 0.15) is 44.7 Å². The van der Waals surface area contributed by atoms with Gasteiger partial charge in [-0.15, -0.1) is 0 Å². The summed E-state index contributed by atoms with van der Waals surface area (Å²) in [6, 6.07) is 8.52. The fraction of sp³-hybridized carbons (Fsp3) is 0.409. The maximum Gasteiger partial charge on any atom is 0.373 e. The number of furan rings is 1. The van der Waals surface area contributed by atoms with Gasteiger partial charge in [0.25, 0.3) is 0 Å². The molecule has 0 fully saturated rings. The van der Waals surface area contributed by atoms with E-state index in [4.69, 9.17) is 28.2 Å². The molecule has 166 valence electrons. The minimum absolute atomic E-state index is 0.113. The van der Waals surface area contributed by atoms with Gasteiger partial charge in [-0.25, -0.2) is 4.79 Å². The average molecular weight is 431 g/mol. The molecule has 9 nitrogen and oxygen atoms in total.